The second-order valence-corrected chi connectivity index (χ2v) is 6.93. The molecule has 0 aliphatic heterocycles. The molecule has 0 atom stereocenters. The summed E-state index contributed by atoms with van der Waals surface area (Å²) in [4.78, 5) is 14.5. The van der Waals surface area contributed by atoms with Gasteiger partial charge in [-0.2, -0.15) is 9.37 Å². The monoisotopic (exact) mass is 385 g/mol. The van der Waals surface area contributed by atoms with Crippen molar-refractivity contribution < 1.29 is 0 Å². The Kier molecular flexibility index (Phi) is 5.49. The van der Waals surface area contributed by atoms with Crippen LogP contribution in [0.4, 0.5) is 5.69 Å². The molecular weight excluding hydrogens is 366 g/mol. The zero-order valence-electron chi connectivity index (χ0n) is 15.4. The van der Waals surface area contributed by atoms with Crippen LogP contribution in [0.5, 0.6) is 0 Å². The summed E-state index contributed by atoms with van der Waals surface area (Å²) in [5.74, 6) is 1.58. The van der Waals surface area contributed by atoms with Crippen LogP contribution in [0.3, 0.4) is 0 Å². The van der Waals surface area contributed by atoms with Crippen LogP contribution in [-0.4, -0.2) is 19.8 Å². The molecule has 2 aromatic heterocycles. The zero-order chi connectivity index (χ0) is 19.2. The fourth-order valence-electron chi connectivity index (χ4n) is 2.75. The lowest BCUT2D eigenvalue weighted by Crippen LogP contribution is -2.19. The third-order valence-electron chi connectivity index (χ3n) is 4.20. The van der Waals surface area contributed by atoms with Gasteiger partial charge in [0.25, 0.3) is 0 Å². The number of hydrogen-bond donors (Lipinski definition) is 0. The first-order valence-corrected chi connectivity index (χ1v) is 9.73. The van der Waals surface area contributed by atoms with Crippen LogP contribution < -0.4 is 4.80 Å². The topological polar surface area (TPSA) is 55.4 Å². The second kappa shape index (κ2) is 8.54. The van der Waals surface area contributed by atoms with Gasteiger partial charge in [-0.3, -0.25) is 9.55 Å². The van der Waals surface area contributed by atoms with E-state index in [1.54, 1.807) is 12.4 Å². The maximum absolute atomic E-state index is 4.89. The van der Waals surface area contributed by atoms with Gasteiger partial charge < -0.3 is 0 Å². The normalized spacial score (nSPS) is 12.3. The van der Waals surface area contributed by atoms with E-state index in [9.17, 15) is 0 Å². The van der Waals surface area contributed by atoms with Gasteiger partial charge in [-0.25, -0.2) is 4.99 Å². The van der Waals surface area contributed by atoms with E-state index in [0.29, 0.717) is 5.84 Å². The highest BCUT2D eigenvalue weighted by atomic mass is 32.1. The fourth-order valence-corrected chi connectivity index (χ4v) is 3.48. The standard InChI is InChI=1S/C22H19N5S/c1-17-26-28-22(27(17)16-18-8-4-2-5-9-18)25-21(19-10-6-3-7-11-19)24-20-12-14-23-15-13-20/h2-15H,16H2,1H3. The summed E-state index contributed by atoms with van der Waals surface area (Å²) in [5.41, 5.74) is 2.98. The molecule has 4 aromatic rings. The maximum Gasteiger partial charge on any atom is 0.211 e. The van der Waals surface area contributed by atoms with Crippen LogP contribution in [0.15, 0.2) is 95.2 Å². The fraction of sp³-hybridized carbons (Fsp3) is 0.0909. The summed E-state index contributed by atoms with van der Waals surface area (Å²) in [5, 5.41) is 0. The van der Waals surface area contributed by atoms with Crippen LogP contribution in [0, 0.1) is 6.92 Å². The summed E-state index contributed by atoms with van der Waals surface area (Å²) in [6.07, 6.45) is 3.46. The van der Waals surface area contributed by atoms with Gasteiger partial charge in [0, 0.05) is 29.5 Å². The Morgan fingerprint density at radius 2 is 1.61 bits per heavy atom. The van der Waals surface area contributed by atoms with E-state index in [0.717, 1.165) is 28.4 Å². The van der Waals surface area contributed by atoms with Crippen LogP contribution in [0.25, 0.3) is 0 Å². The SMILES string of the molecule is Cc1nsc(=NC(=Nc2ccncc2)c2ccccc2)n1Cc1ccccc1. The molecule has 0 aliphatic carbocycles. The van der Waals surface area contributed by atoms with Gasteiger partial charge in [0.1, 0.15) is 5.82 Å². The Bertz CT molecular complexity index is 1130. The molecule has 0 saturated heterocycles. The van der Waals surface area contributed by atoms with Gasteiger partial charge in [-0.05, 0) is 24.6 Å². The number of aromatic nitrogens is 3. The van der Waals surface area contributed by atoms with E-state index in [2.05, 4.69) is 26.1 Å². The Labute approximate surface area is 167 Å². The predicted octanol–water partition coefficient (Wildman–Crippen LogP) is 4.38. The van der Waals surface area contributed by atoms with E-state index in [1.807, 2.05) is 67.6 Å². The minimum Gasteiger partial charge on any atom is -0.299 e. The summed E-state index contributed by atoms with van der Waals surface area (Å²) >= 11 is 1.38. The average molecular weight is 385 g/mol. The van der Waals surface area contributed by atoms with E-state index >= 15 is 0 Å². The Morgan fingerprint density at radius 1 is 0.929 bits per heavy atom. The summed E-state index contributed by atoms with van der Waals surface area (Å²) in [7, 11) is 0. The second-order valence-electron chi connectivity index (χ2n) is 6.20. The van der Waals surface area contributed by atoms with Crippen molar-refractivity contribution >= 4 is 23.1 Å². The van der Waals surface area contributed by atoms with Crippen LogP contribution in [0.1, 0.15) is 17.0 Å². The van der Waals surface area contributed by atoms with Crippen molar-refractivity contribution in [3.05, 3.63) is 107 Å². The van der Waals surface area contributed by atoms with Crippen molar-refractivity contribution in [2.75, 3.05) is 0 Å². The maximum atomic E-state index is 4.89. The van der Waals surface area contributed by atoms with Crippen LogP contribution in [-0.2, 0) is 6.54 Å². The first kappa shape index (κ1) is 18.0. The van der Waals surface area contributed by atoms with Gasteiger partial charge in [-0.15, -0.1) is 0 Å². The quantitative estimate of drug-likeness (QED) is 0.387. The van der Waals surface area contributed by atoms with Crippen LogP contribution >= 0.6 is 11.5 Å². The molecule has 5 nitrogen and oxygen atoms in total. The molecule has 6 heteroatoms. The van der Waals surface area contributed by atoms with E-state index in [-0.39, 0.29) is 0 Å². The molecule has 2 heterocycles. The van der Waals surface area contributed by atoms with Gasteiger partial charge in [0.05, 0.1) is 12.2 Å². The highest BCUT2D eigenvalue weighted by Crippen LogP contribution is 2.13. The van der Waals surface area contributed by atoms with Crippen molar-refractivity contribution in [1.29, 1.82) is 0 Å². The molecule has 4 rings (SSSR count). The molecule has 28 heavy (non-hydrogen) atoms. The summed E-state index contributed by atoms with van der Waals surface area (Å²) in [6, 6.07) is 24.1. The summed E-state index contributed by atoms with van der Waals surface area (Å²) in [6.45, 7) is 2.72. The Balaban J connectivity index is 1.81. The molecule has 138 valence electrons. The highest BCUT2D eigenvalue weighted by molar-refractivity contribution is 7.02. The lowest BCUT2D eigenvalue weighted by atomic mass is 10.2. The Hall–Kier alpha value is -3.38. The number of nitrogens with zero attached hydrogens (tertiary/aromatic N) is 5. The van der Waals surface area contributed by atoms with Crippen molar-refractivity contribution in [2.24, 2.45) is 9.98 Å². The molecule has 0 bridgehead atoms. The largest absolute Gasteiger partial charge is 0.299 e. The zero-order valence-corrected chi connectivity index (χ0v) is 16.3. The van der Waals surface area contributed by atoms with E-state index < -0.39 is 0 Å². The number of pyridine rings is 1. The van der Waals surface area contributed by atoms with Gasteiger partial charge in [0.15, 0.2) is 5.84 Å². The molecule has 0 N–H and O–H groups in total. The molecule has 0 aliphatic rings. The minimum atomic E-state index is 0.650. The van der Waals surface area contributed by atoms with Crippen molar-refractivity contribution in [3.63, 3.8) is 0 Å². The van der Waals surface area contributed by atoms with E-state index in [1.165, 1.54) is 17.1 Å². The van der Waals surface area contributed by atoms with Gasteiger partial charge >= 0.3 is 0 Å². The lowest BCUT2D eigenvalue weighted by molar-refractivity contribution is 0.729. The molecule has 2 aromatic carbocycles. The molecule has 0 spiro atoms. The van der Waals surface area contributed by atoms with Gasteiger partial charge in [-0.1, -0.05) is 60.7 Å². The minimum absolute atomic E-state index is 0.650. The third kappa shape index (κ3) is 4.29. The molecule has 0 amide bonds. The van der Waals surface area contributed by atoms with Crippen molar-refractivity contribution in [2.45, 2.75) is 13.5 Å². The molecule has 0 radical (unpaired) electrons. The number of hydrogen-bond acceptors (Lipinski definition) is 4. The number of aryl methyl sites for hydroxylation is 1. The van der Waals surface area contributed by atoms with Gasteiger partial charge in [0.2, 0.25) is 4.80 Å². The van der Waals surface area contributed by atoms with Crippen molar-refractivity contribution in [3.8, 4) is 0 Å². The number of rotatable bonds is 4. The summed E-state index contributed by atoms with van der Waals surface area (Å²) < 4.78 is 6.63. The lowest BCUT2D eigenvalue weighted by Gasteiger charge is -2.06. The number of benzene rings is 2. The molecular formula is C22H19N5S. The van der Waals surface area contributed by atoms with E-state index in [4.69, 9.17) is 9.98 Å². The number of amidine groups is 1. The number of aliphatic imine (C=N–C) groups is 1. The molecule has 0 saturated carbocycles. The third-order valence-corrected chi connectivity index (χ3v) is 5.03. The predicted molar refractivity (Wildman–Crippen MR) is 113 cm³/mol. The Morgan fingerprint density at radius 3 is 2.32 bits per heavy atom. The molecule has 0 fully saturated rings. The average Bonchev–Trinajstić information content (AvgIpc) is 3.09. The smallest absolute Gasteiger partial charge is 0.211 e. The first-order valence-electron chi connectivity index (χ1n) is 8.95. The van der Waals surface area contributed by atoms with Crippen molar-refractivity contribution in [1.82, 2.24) is 13.9 Å². The molecule has 0 unspecified atom stereocenters. The first-order chi connectivity index (χ1) is 13.8. The van der Waals surface area contributed by atoms with Crippen LogP contribution in [0.2, 0.25) is 0 Å². The highest BCUT2D eigenvalue weighted by Gasteiger charge is 2.08.